The van der Waals surface area contributed by atoms with Gasteiger partial charge in [-0.1, -0.05) is 23.2 Å². The topological polar surface area (TPSA) is 67.1 Å². The molecular formula is C15H15Cl2N5. The maximum absolute atomic E-state index is 6.22. The fourth-order valence-electron chi connectivity index (χ4n) is 3.42. The summed E-state index contributed by atoms with van der Waals surface area (Å²) < 4.78 is 0. The van der Waals surface area contributed by atoms with E-state index in [1.807, 2.05) is 12.1 Å². The van der Waals surface area contributed by atoms with Crippen molar-refractivity contribution in [1.29, 1.82) is 0 Å². The number of halogens is 2. The first kappa shape index (κ1) is 13.9. The van der Waals surface area contributed by atoms with Crippen molar-refractivity contribution in [3.05, 3.63) is 40.1 Å². The third kappa shape index (κ3) is 2.08. The molecular weight excluding hydrogens is 321 g/mol. The van der Waals surface area contributed by atoms with Gasteiger partial charge in [-0.05, 0) is 24.1 Å². The van der Waals surface area contributed by atoms with Crippen molar-refractivity contribution in [2.24, 2.45) is 0 Å². The first-order chi connectivity index (χ1) is 10.6. The van der Waals surface area contributed by atoms with Crippen LogP contribution in [0.15, 0.2) is 24.5 Å². The Morgan fingerprint density at radius 1 is 1.18 bits per heavy atom. The molecule has 0 saturated carbocycles. The standard InChI is InChI=1S/C15H15Cl2N5/c16-10-3-9-12(4-11(10)17)21-7-15(9)1-2-22(8-15)14-6-19-13(18)5-20-14/h3-6,21H,1-2,7-8H2,(H2,18,19)/t15-/m0/s1. The Morgan fingerprint density at radius 3 is 2.77 bits per heavy atom. The fourth-order valence-corrected chi connectivity index (χ4v) is 3.75. The monoisotopic (exact) mass is 335 g/mol. The second-order valence-corrected chi connectivity index (χ2v) is 6.73. The number of anilines is 3. The van der Waals surface area contributed by atoms with Gasteiger partial charge in [-0.15, -0.1) is 0 Å². The lowest BCUT2D eigenvalue weighted by Crippen LogP contribution is -2.33. The van der Waals surface area contributed by atoms with Crippen LogP contribution in [-0.2, 0) is 5.41 Å². The maximum Gasteiger partial charge on any atom is 0.147 e. The van der Waals surface area contributed by atoms with Crippen LogP contribution >= 0.6 is 23.2 Å². The van der Waals surface area contributed by atoms with Crippen molar-refractivity contribution >= 4 is 40.5 Å². The van der Waals surface area contributed by atoms with Gasteiger partial charge in [0.05, 0.1) is 22.4 Å². The van der Waals surface area contributed by atoms with E-state index in [1.54, 1.807) is 12.4 Å². The fraction of sp³-hybridized carbons (Fsp3) is 0.333. The van der Waals surface area contributed by atoms with E-state index in [0.717, 1.165) is 37.6 Å². The minimum atomic E-state index is 0.0482. The number of benzene rings is 1. The highest BCUT2D eigenvalue weighted by Gasteiger charge is 2.45. The Kier molecular flexibility index (Phi) is 3.09. The normalized spacial score (nSPS) is 22.9. The molecule has 22 heavy (non-hydrogen) atoms. The number of rotatable bonds is 1. The predicted octanol–water partition coefficient (Wildman–Crippen LogP) is 2.94. The maximum atomic E-state index is 6.22. The van der Waals surface area contributed by atoms with E-state index in [9.17, 15) is 0 Å². The first-order valence-corrected chi connectivity index (χ1v) is 7.89. The van der Waals surface area contributed by atoms with E-state index in [-0.39, 0.29) is 5.41 Å². The van der Waals surface area contributed by atoms with Crippen LogP contribution in [0.3, 0.4) is 0 Å². The molecule has 3 heterocycles. The van der Waals surface area contributed by atoms with Gasteiger partial charge in [0.1, 0.15) is 11.6 Å². The summed E-state index contributed by atoms with van der Waals surface area (Å²) in [7, 11) is 0. The molecule has 0 amide bonds. The quantitative estimate of drug-likeness (QED) is 0.838. The lowest BCUT2D eigenvalue weighted by Gasteiger charge is -2.24. The molecule has 114 valence electrons. The zero-order valence-corrected chi connectivity index (χ0v) is 13.3. The lowest BCUT2D eigenvalue weighted by molar-refractivity contribution is 0.528. The molecule has 0 unspecified atom stereocenters. The molecule has 0 bridgehead atoms. The Labute approximate surface area is 138 Å². The summed E-state index contributed by atoms with van der Waals surface area (Å²) in [5, 5.41) is 4.65. The van der Waals surface area contributed by atoms with Crippen molar-refractivity contribution < 1.29 is 0 Å². The number of hydrogen-bond acceptors (Lipinski definition) is 5. The van der Waals surface area contributed by atoms with Gasteiger partial charge in [0.2, 0.25) is 0 Å². The van der Waals surface area contributed by atoms with E-state index in [4.69, 9.17) is 28.9 Å². The Balaban J connectivity index is 1.66. The van der Waals surface area contributed by atoms with Crippen LogP contribution in [0.4, 0.5) is 17.3 Å². The molecule has 2 aliphatic heterocycles. The smallest absolute Gasteiger partial charge is 0.147 e. The molecule has 1 aromatic carbocycles. The van der Waals surface area contributed by atoms with E-state index in [0.29, 0.717) is 15.9 Å². The summed E-state index contributed by atoms with van der Waals surface area (Å²) >= 11 is 12.3. The average Bonchev–Trinajstić information content (AvgIpc) is 3.08. The molecule has 3 N–H and O–H groups in total. The number of nitrogens with zero attached hydrogens (tertiary/aromatic N) is 3. The average molecular weight is 336 g/mol. The zero-order valence-electron chi connectivity index (χ0n) is 11.8. The third-order valence-corrected chi connectivity index (χ3v) is 5.31. The van der Waals surface area contributed by atoms with Gasteiger partial charge < -0.3 is 16.0 Å². The van der Waals surface area contributed by atoms with Crippen LogP contribution in [0, 0.1) is 0 Å². The third-order valence-electron chi connectivity index (χ3n) is 4.59. The Bertz CT molecular complexity index is 733. The number of aromatic nitrogens is 2. The molecule has 5 nitrogen and oxygen atoms in total. The number of nitrogens with two attached hydrogens (primary N) is 1. The highest BCUT2D eigenvalue weighted by Crippen LogP contribution is 2.46. The highest BCUT2D eigenvalue weighted by molar-refractivity contribution is 6.42. The van der Waals surface area contributed by atoms with Crippen LogP contribution in [0.25, 0.3) is 0 Å². The second-order valence-electron chi connectivity index (χ2n) is 5.92. The van der Waals surface area contributed by atoms with Crippen LogP contribution in [0.2, 0.25) is 10.0 Å². The van der Waals surface area contributed by atoms with Crippen LogP contribution in [0.1, 0.15) is 12.0 Å². The summed E-state index contributed by atoms with van der Waals surface area (Å²) in [5.74, 6) is 1.30. The molecule has 2 aromatic rings. The minimum Gasteiger partial charge on any atom is -0.384 e. The SMILES string of the molecule is Nc1cnc(N2CC[C@]3(CNc4cc(Cl)c(Cl)cc43)C2)cn1. The molecule has 4 rings (SSSR count). The van der Waals surface area contributed by atoms with Crippen LogP contribution in [0.5, 0.6) is 0 Å². The van der Waals surface area contributed by atoms with Crippen molar-refractivity contribution in [3.63, 3.8) is 0 Å². The van der Waals surface area contributed by atoms with Gasteiger partial charge in [0.15, 0.2) is 0 Å². The van der Waals surface area contributed by atoms with Gasteiger partial charge >= 0.3 is 0 Å². The number of fused-ring (bicyclic) bond motifs is 2. The first-order valence-electron chi connectivity index (χ1n) is 7.13. The Morgan fingerprint density at radius 2 is 2.00 bits per heavy atom. The van der Waals surface area contributed by atoms with Crippen LogP contribution < -0.4 is 16.0 Å². The van der Waals surface area contributed by atoms with Crippen molar-refractivity contribution in [1.82, 2.24) is 9.97 Å². The van der Waals surface area contributed by atoms with Gasteiger partial charge in [-0.25, -0.2) is 9.97 Å². The van der Waals surface area contributed by atoms with E-state index >= 15 is 0 Å². The summed E-state index contributed by atoms with van der Waals surface area (Å²) in [6, 6.07) is 3.91. The zero-order chi connectivity index (χ0) is 15.3. The molecule has 0 aliphatic carbocycles. The predicted molar refractivity (Wildman–Crippen MR) is 89.9 cm³/mol. The van der Waals surface area contributed by atoms with Gasteiger partial charge in [0, 0.05) is 30.7 Å². The van der Waals surface area contributed by atoms with Crippen LogP contribution in [-0.4, -0.2) is 29.6 Å². The van der Waals surface area contributed by atoms with Crippen molar-refractivity contribution in [2.45, 2.75) is 11.8 Å². The minimum absolute atomic E-state index is 0.0482. The molecule has 1 saturated heterocycles. The summed E-state index contributed by atoms with van der Waals surface area (Å²) in [5.41, 5.74) is 7.98. The van der Waals surface area contributed by atoms with Crippen molar-refractivity contribution in [3.8, 4) is 0 Å². The van der Waals surface area contributed by atoms with E-state index in [1.165, 1.54) is 5.56 Å². The van der Waals surface area contributed by atoms with Gasteiger partial charge in [-0.3, -0.25) is 0 Å². The van der Waals surface area contributed by atoms with Crippen molar-refractivity contribution in [2.75, 3.05) is 35.6 Å². The highest BCUT2D eigenvalue weighted by atomic mass is 35.5. The number of hydrogen-bond donors (Lipinski definition) is 2. The molecule has 1 fully saturated rings. The number of nitrogens with one attached hydrogen (secondary N) is 1. The molecule has 1 spiro atoms. The van der Waals surface area contributed by atoms with E-state index < -0.39 is 0 Å². The molecule has 2 aliphatic rings. The largest absolute Gasteiger partial charge is 0.384 e. The summed E-state index contributed by atoms with van der Waals surface area (Å²) in [6.07, 6.45) is 4.36. The second kappa shape index (κ2) is 4.89. The Hall–Kier alpha value is -1.72. The molecule has 0 radical (unpaired) electrons. The lowest BCUT2D eigenvalue weighted by atomic mass is 9.82. The molecule has 7 heteroatoms. The van der Waals surface area contributed by atoms with Gasteiger partial charge in [0.25, 0.3) is 0 Å². The van der Waals surface area contributed by atoms with E-state index in [2.05, 4.69) is 20.2 Å². The van der Waals surface area contributed by atoms with Gasteiger partial charge in [-0.2, -0.15) is 0 Å². The summed E-state index contributed by atoms with van der Waals surface area (Å²) in [6.45, 7) is 2.70. The molecule has 1 atom stereocenters. The number of nitrogen functional groups attached to an aromatic ring is 1. The molecule has 1 aromatic heterocycles. The summed E-state index contributed by atoms with van der Waals surface area (Å²) in [4.78, 5) is 10.7.